The monoisotopic (exact) mass is 981 g/mol. The Bertz CT molecular complexity index is 3050. The Hall–Kier alpha value is -7.07. The van der Waals surface area contributed by atoms with Gasteiger partial charge in [0.25, 0.3) is 5.91 Å². The Kier molecular flexibility index (Phi) is 14.2. The summed E-state index contributed by atoms with van der Waals surface area (Å²) < 4.78 is 12.9. The molecule has 362 valence electrons. The summed E-state index contributed by atoms with van der Waals surface area (Å²) in [7, 11) is 1.35. The molecule has 8 rings (SSSR count). The molecule has 0 aliphatic carbocycles. The van der Waals surface area contributed by atoms with Gasteiger partial charge < -0.3 is 30.1 Å². The predicted octanol–water partition coefficient (Wildman–Crippen LogP) is 7.43. The number of esters is 1. The minimum atomic E-state index is -1.07. The molecule has 2 aliphatic rings. The lowest BCUT2D eigenvalue weighted by Crippen LogP contribution is -2.58. The summed E-state index contributed by atoms with van der Waals surface area (Å²) in [5.74, 6) is -0.500. The quantitative estimate of drug-likeness (QED) is 0.0968. The van der Waals surface area contributed by atoms with Gasteiger partial charge >= 0.3 is 5.97 Å². The fraction of sp³-hybridized carbons (Fsp3) is 0.365. The second-order valence-electron chi connectivity index (χ2n) is 18.7. The summed E-state index contributed by atoms with van der Waals surface area (Å²) >= 11 is 3.18. The van der Waals surface area contributed by atoms with Gasteiger partial charge in [0.2, 0.25) is 11.8 Å². The molecule has 1 unspecified atom stereocenters. The normalized spacial score (nSPS) is 17.3. The number of fused-ring (bicyclic) bond motifs is 3. The fourth-order valence-corrected chi connectivity index (χ4v) is 10.9. The maximum absolute atomic E-state index is 14.3. The van der Waals surface area contributed by atoms with E-state index in [2.05, 4.69) is 45.7 Å². The number of aliphatic hydroxyl groups excluding tert-OH is 1. The Labute approximate surface area is 414 Å². The molecule has 2 aliphatic heterocycles. The van der Waals surface area contributed by atoms with Crippen molar-refractivity contribution >= 4 is 52.1 Å². The average Bonchev–Trinajstić information content (AvgIpc) is 4.11. The first-order chi connectivity index (χ1) is 33.4. The Morgan fingerprint density at radius 2 is 1.63 bits per heavy atom. The Morgan fingerprint density at radius 3 is 2.29 bits per heavy atom. The molecule has 6 aromatic rings. The number of aromatic nitrogens is 4. The van der Waals surface area contributed by atoms with E-state index in [1.165, 1.54) is 12.0 Å². The Balaban J connectivity index is 0.936. The third-order valence-corrected chi connectivity index (χ3v) is 15.0. The molecule has 0 saturated carbocycles. The molecule has 3 aromatic heterocycles. The minimum Gasteiger partial charge on any atom is -0.482 e. The molecule has 1 saturated heterocycles. The second-order valence-corrected chi connectivity index (χ2v) is 20.8. The van der Waals surface area contributed by atoms with Crippen molar-refractivity contribution < 1.29 is 33.8 Å². The number of β-amino-alcohol motifs (C(OH)–C–C–N with tert-alkyl or cyclic N) is 1. The maximum atomic E-state index is 14.3. The van der Waals surface area contributed by atoms with Gasteiger partial charge in [0.1, 0.15) is 40.8 Å². The van der Waals surface area contributed by atoms with Crippen molar-refractivity contribution in [3.63, 3.8) is 0 Å². The van der Waals surface area contributed by atoms with E-state index in [1.54, 1.807) is 67.2 Å². The summed E-state index contributed by atoms with van der Waals surface area (Å²) in [6.45, 7) is 14.7. The number of methoxy groups -OCH3 is 1. The molecule has 3 amide bonds. The number of carbonyl (C=O) groups is 4. The van der Waals surface area contributed by atoms with E-state index in [0.717, 1.165) is 59.4 Å². The highest BCUT2D eigenvalue weighted by Gasteiger charge is 2.45. The lowest BCUT2D eigenvalue weighted by Gasteiger charge is -2.35. The number of thiazole rings is 1. The van der Waals surface area contributed by atoms with Gasteiger partial charge in [-0.25, -0.2) is 4.98 Å². The number of thiophene rings is 1. The van der Waals surface area contributed by atoms with E-state index in [-0.39, 0.29) is 36.7 Å². The number of hydrogen-bond acceptors (Lipinski definition) is 14. The summed E-state index contributed by atoms with van der Waals surface area (Å²) in [5, 5.41) is 36.5. The second kappa shape index (κ2) is 20.1. The van der Waals surface area contributed by atoms with E-state index in [0.29, 0.717) is 17.4 Å². The van der Waals surface area contributed by atoms with Crippen molar-refractivity contribution in [2.45, 2.75) is 98.5 Å². The highest BCUT2D eigenvalue weighted by Crippen LogP contribution is 2.40. The molecular formula is C52H55N9O7S2. The lowest BCUT2D eigenvalue weighted by atomic mass is 9.85. The average molecular weight is 982 g/mol. The molecule has 5 heterocycles. The van der Waals surface area contributed by atoms with Crippen molar-refractivity contribution in [3.05, 3.63) is 122 Å². The van der Waals surface area contributed by atoms with Crippen molar-refractivity contribution in [3.8, 4) is 38.4 Å². The van der Waals surface area contributed by atoms with Crippen molar-refractivity contribution in [1.82, 2.24) is 35.3 Å². The van der Waals surface area contributed by atoms with Crippen LogP contribution in [0.5, 0.6) is 5.75 Å². The lowest BCUT2D eigenvalue weighted by molar-refractivity contribution is -0.144. The van der Waals surface area contributed by atoms with Crippen molar-refractivity contribution in [1.29, 1.82) is 5.26 Å². The molecule has 3 N–H and O–H groups in total. The Morgan fingerprint density at radius 1 is 0.943 bits per heavy atom. The van der Waals surface area contributed by atoms with Gasteiger partial charge in [0.05, 0.1) is 53.0 Å². The number of hydrogen-bond donors (Lipinski definition) is 3. The summed E-state index contributed by atoms with van der Waals surface area (Å²) in [4.78, 5) is 67.2. The number of aliphatic imine (C=N–C) groups is 1. The first-order valence-electron chi connectivity index (χ1n) is 22.9. The van der Waals surface area contributed by atoms with E-state index in [4.69, 9.17) is 14.5 Å². The van der Waals surface area contributed by atoms with Crippen LogP contribution >= 0.6 is 22.7 Å². The van der Waals surface area contributed by atoms with Crippen molar-refractivity contribution in [2.24, 2.45) is 10.4 Å². The van der Waals surface area contributed by atoms with Crippen LogP contribution in [0, 0.1) is 44.4 Å². The largest absolute Gasteiger partial charge is 0.482 e. The molecule has 3 aromatic carbocycles. The van der Waals surface area contributed by atoms with E-state index in [1.807, 2.05) is 73.9 Å². The predicted molar refractivity (Wildman–Crippen MR) is 267 cm³/mol. The molecule has 16 nitrogen and oxygen atoms in total. The number of aryl methyl sites for hydroxylation is 3. The number of rotatable bonds is 13. The number of carbonyl (C=O) groups excluding carboxylic acids is 4. The molecular weight excluding hydrogens is 927 g/mol. The smallest absolute Gasteiger partial charge is 0.308 e. The van der Waals surface area contributed by atoms with Gasteiger partial charge in [-0.05, 0) is 80.0 Å². The molecule has 0 bridgehead atoms. The van der Waals surface area contributed by atoms with Gasteiger partial charge in [0, 0.05) is 29.0 Å². The number of ether oxygens (including phenoxy) is 2. The van der Waals surface area contributed by atoms with Crippen LogP contribution in [-0.2, 0) is 23.9 Å². The first-order valence-corrected chi connectivity index (χ1v) is 24.6. The van der Waals surface area contributed by atoms with Gasteiger partial charge in [0.15, 0.2) is 12.4 Å². The SMILES string of the molecule is COC(=O)C[C@@H]1N=C(c2ccc(-c3ccc(OCC(=O)NC(C(=O)N4C[C@H](O)C[C@H]4C(=O)N[C@@H](C)c4ccc(-c5scnc5C)cc4)C(C)(C)C)c(C#N)c3)cc2)c2c(sc(C)c2C)-n2c(C)nnc21. The summed E-state index contributed by atoms with van der Waals surface area (Å²) in [5.41, 5.74) is 9.15. The standard InChI is InChI=1S/C52H55N9O7S2/c1-27-30(4)70-51-44(27)45(56-39(22-43(64)67-9)48-59-58-31(5)61(48)51)34-14-12-33(13-15-34)36-18-19-41(37(20-36)23-53)68-25-42(63)57-47(52(6,7)8)50(66)60-24-38(62)21-40(60)49(65)55-28(2)32-10-16-35(17-11-32)46-29(3)54-26-69-46/h10-20,26,28,38-40,47,62H,21-22,24-25H2,1-9H3,(H,55,65)(H,57,63)/t28-,38+,39-,40-,47?/m0/s1. The highest BCUT2D eigenvalue weighted by molar-refractivity contribution is 7.15. The van der Waals surface area contributed by atoms with Crippen molar-refractivity contribution in [2.75, 3.05) is 20.3 Å². The molecule has 18 heteroatoms. The number of nitriles is 1. The zero-order valence-electron chi connectivity index (χ0n) is 40.5. The topological polar surface area (TPSA) is 214 Å². The van der Waals surface area contributed by atoms with Crippen LogP contribution in [0.4, 0.5) is 0 Å². The van der Waals surface area contributed by atoms with Gasteiger partial charge in [-0.1, -0.05) is 75.4 Å². The number of likely N-dealkylation sites (tertiary alicyclic amines) is 1. The third kappa shape index (κ3) is 10.0. The molecule has 0 radical (unpaired) electrons. The van der Waals surface area contributed by atoms with E-state index in [9.17, 15) is 29.5 Å². The zero-order valence-corrected chi connectivity index (χ0v) is 42.1. The highest BCUT2D eigenvalue weighted by atomic mass is 32.1. The third-order valence-electron chi connectivity index (χ3n) is 12.8. The van der Waals surface area contributed by atoms with Gasteiger partial charge in [-0.2, -0.15) is 5.26 Å². The van der Waals surface area contributed by atoms with Crippen LogP contribution < -0.4 is 15.4 Å². The molecule has 0 spiro atoms. The van der Waals surface area contributed by atoms with Crippen LogP contribution in [-0.4, -0.2) is 97.6 Å². The van der Waals surface area contributed by atoms with Gasteiger partial charge in [-0.3, -0.25) is 28.7 Å². The van der Waals surface area contributed by atoms with Crippen LogP contribution in [0.2, 0.25) is 0 Å². The number of nitrogens with one attached hydrogen (secondary N) is 2. The molecule has 5 atom stereocenters. The van der Waals surface area contributed by atoms with E-state index >= 15 is 0 Å². The van der Waals surface area contributed by atoms with Crippen LogP contribution in [0.15, 0.2) is 77.2 Å². The van der Waals surface area contributed by atoms with Crippen LogP contribution in [0.1, 0.15) is 103 Å². The first kappa shape index (κ1) is 49.4. The number of aliphatic hydroxyl groups is 1. The zero-order chi connectivity index (χ0) is 50.2. The van der Waals surface area contributed by atoms with Crippen LogP contribution in [0.25, 0.3) is 26.6 Å². The fourth-order valence-electron chi connectivity index (χ4n) is 8.87. The van der Waals surface area contributed by atoms with E-state index < -0.39 is 59.9 Å². The molecule has 70 heavy (non-hydrogen) atoms. The number of amides is 3. The van der Waals surface area contributed by atoms with Gasteiger partial charge in [-0.15, -0.1) is 32.9 Å². The summed E-state index contributed by atoms with van der Waals surface area (Å²) in [6.07, 6.45) is -0.892. The summed E-state index contributed by atoms with van der Waals surface area (Å²) in [6, 6.07) is 19.9. The number of benzene rings is 3. The maximum Gasteiger partial charge on any atom is 0.308 e. The van der Waals surface area contributed by atoms with Crippen LogP contribution in [0.3, 0.4) is 0 Å². The minimum absolute atomic E-state index is 0.0121. The number of nitrogens with zero attached hydrogens (tertiary/aromatic N) is 7. The molecule has 1 fully saturated rings.